The van der Waals surface area contributed by atoms with Crippen LogP contribution in [0.2, 0.25) is 0 Å². The molecule has 0 atom stereocenters. The van der Waals surface area contributed by atoms with Crippen molar-refractivity contribution in [2.75, 3.05) is 0 Å². The van der Waals surface area contributed by atoms with Crippen molar-refractivity contribution in [3.63, 3.8) is 0 Å². The first-order valence-electron chi connectivity index (χ1n) is 4.14. The molecule has 3 heteroatoms. The third-order valence-electron chi connectivity index (χ3n) is 1.75. The first-order valence-corrected chi connectivity index (χ1v) is 4.14. The van der Waals surface area contributed by atoms with Crippen LogP contribution in [0.25, 0.3) is 0 Å². The molecule has 72 valence electrons. The SMILES string of the molecule is CC(C)c1cccc(OC(F)F)c1. The average Bonchev–Trinajstić information content (AvgIpc) is 2.03. The van der Waals surface area contributed by atoms with Gasteiger partial charge in [0, 0.05) is 0 Å². The summed E-state index contributed by atoms with van der Waals surface area (Å²) < 4.78 is 27.9. The average molecular weight is 186 g/mol. The molecular weight excluding hydrogens is 174 g/mol. The minimum absolute atomic E-state index is 0.223. The van der Waals surface area contributed by atoms with Gasteiger partial charge in [-0.2, -0.15) is 8.78 Å². The van der Waals surface area contributed by atoms with E-state index in [9.17, 15) is 8.78 Å². The Balaban J connectivity index is 2.79. The van der Waals surface area contributed by atoms with Crippen molar-refractivity contribution in [2.24, 2.45) is 0 Å². The minimum Gasteiger partial charge on any atom is -0.435 e. The van der Waals surface area contributed by atoms with Crippen LogP contribution in [0.1, 0.15) is 25.3 Å². The zero-order valence-electron chi connectivity index (χ0n) is 7.63. The number of hydrogen-bond donors (Lipinski definition) is 0. The monoisotopic (exact) mass is 186 g/mol. The van der Waals surface area contributed by atoms with Gasteiger partial charge in [0.25, 0.3) is 0 Å². The van der Waals surface area contributed by atoms with Crippen LogP contribution in [0.5, 0.6) is 5.75 Å². The van der Waals surface area contributed by atoms with Gasteiger partial charge >= 0.3 is 6.61 Å². The van der Waals surface area contributed by atoms with Crippen LogP contribution < -0.4 is 4.74 Å². The third kappa shape index (κ3) is 3.01. The summed E-state index contributed by atoms with van der Waals surface area (Å²) in [6.45, 7) is 1.26. The van der Waals surface area contributed by atoms with E-state index in [1.165, 1.54) is 6.07 Å². The fourth-order valence-corrected chi connectivity index (χ4v) is 1.05. The fourth-order valence-electron chi connectivity index (χ4n) is 1.05. The van der Waals surface area contributed by atoms with Crippen LogP contribution in [0, 0.1) is 0 Å². The standard InChI is InChI=1S/C10H12F2O/c1-7(2)8-4-3-5-9(6-8)13-10(11)12/h3-7,10H,1-2H3. The lowest BCUT2D eigenvalue weighted by Crippen LogP contribution is -2.02. The van der Waals surface area contributed by atoms with E-state index in [4.69, 9.17) is 0 Å². The van der Waals surface area contributed by atoms with E-state index in [1.807, 2.05) is 19.9 Å². The lowest BCUT2D eigenvalue weighted by atomic mass is 10.0. The van der Waals surface area contributed by atoms with Crippen molar-refractivity contribution in [1.82, 2.24) is 0 Å². The normalized spacial score (nSPS) is 10.9. The van der Waals surface area contributed by atoms with Crippen LogP contribution in [0.4, 0.5) is 8.78 Å². The Morgan fingerprint density at radius 3 is 2.46 bits per heavy atom. The molecule has 1 nitrogen and oxygen atoms in total. The Morgan fingerprint density at radius 2 is 1.92 bits per heavy atom. The van der Waals surface area contributed by atoms with Crippen molar-refractivity contribution in [1.29, 1.82) is 0 Å². The molecule has 0 radical (unpaired) electrons. The smallest absolute Gasteiger partial charge is 0.387 e. The van der Waals surface area contributed by atoms with Crippen molar-refractivity contribution < 1.29 is 13.5 Å². The Bertz CT molecular complexity index is 271. The predicted molar refractivity (Wildman–Crippen MR) is 47.2 cm³/mol. The Hall–Kier alpha value is -1.12. The Labute approximate surface area is 76.3 Å². The second-order valence-electron chi connectivity index (χ2n) is 3.11. The van der Waals surface area contributed by atoms with E-state index >= 15 is 0 Å². The maximum atomic E-state index is 11.8. The predicted octanol–water partition coefficient (Wildman–Crippen LogP) is 3.41. The summed E-state index contributed by atoms with van der Waals surface area (Å²) in [5.41, 5.74) is 0.998. The molecule has 0 N–H and O–H groups in total. The van der Waals surface area contributed by atoms with Gasteiger partial charge in [-0.05, 0) is 23.6 Å². The van der Waals surface area contributed by atoms with Gasteiger partial charge in [0.05, 0.1) is 0 Å². The van der Waals surface area contributed by atoms with Crippen LogP contribution in [0.15, 0.2) is 24.3 Å². The number of alkyl halides is 2. The van der Waals surface area contributed by atoms with Gasteiger partial charge in [0.2, 0.25) is 0 Å². The van der Waals surface area contributed by atoms with Gasteiger partial charge in [-0.25, -0.2) is 0 Å². The highest BCUT2D eigenvalue weighted by molar-refractivity contribution is 5.30. The highest BCUT2D eigenvalue weighted by atomic mass is 19.3. The van der Waals surface area contributed by atoms with Gasteiger partial charge in [0.15, 0.2) is 0 Å². The lowest BCUT2D eigenvalue weighted by Gasteiger charge is -2.08. The summed E-state index contributed by atoms with van der Waals surface area (Å²) in [5, 5.41) is 0. The van der Waals surface area contributed by atoms with Gasteiger partial charge in [-0.3, -0.25) is 0 Å². The largest absolute Gasteiger partial charge is 0.435 e. The molecule has 0 aromatic heterocycles. The van der Waals surface area contributed by atoms with Gasteiger partial charge in [-0.15, -0.1) is 0 Å². The number of hydrogen-bond acceptors (Lipinski definition) is 1. The topological polar surface area (TPSA) is 9.23 Å². The molecule has 0 heterocycles. The lowest BCUT2D eigenvalue weighted by molar-refractivity contribution is -0.0498. The molecule has 1 rings (SSSR count). The number of benzene rings is 1. The fraction of sp³-hybridized carbons (Fsp3) is 0.400. The third-order valence-corrected chi connectivity index (χ3v) is 1.75. The van der Waals surface area contributed by atoms with Crippen molar-refractivity contribution in [3.8, 4) is 5.75 Å². The zero-order valence-corrected chi connectivity index (χ0v) is 7.63. The molecule has 0 unspecified atom stereocenters. The van der Waals surface area contributed by atoms with E-state index in [2.05, 4.69) is 4.74 Å². The first kappa shape index (κ1) is 9.96. The molecule has 0 spiro atoms. The van der Waals surface area contributed by atoms with Crippen LogP contribution >= 0.6 is 0 Å². The quantitative estimate of drug-likeness (QED) is 0.702. The molecule has 1 aromatic rings. The minimum atomic E-state index is -2.75. The maximum absolute atomic E-state index is 11.8. The molecular formula is C10H12F2O. The summed E-state index contributed by atoms with van der Waals surface area (Å²) in [6, 6.07) is 6.77. The molecule has 0 amide bonds. The molecule has 0 aliphatic rings. The molecule has 0 fully saturated rings. The summed E-state index contributed by atoms with van der Waals surface area (Å²) in [4.78, 5) is 0. The number of ether oxygens (including phenoxy) is 1. The van der Waals surface area contributed by atoms with Crippen molar-refractivity contribution >= 4 is 0 Å². The van der Waals surface area contributed by atoms with E-state index in [0.717, 1.165) is 5.56 Å². The first-order chi connectivity index (χ1) is 6.09. The van der Waals surface area contributed by atoms with Crippen LogP contribution in [0.3, 0.4) is 0 Å². The van der Waals surface area contributed by atoms with E-state index in [-0.39, 0.29) is 5.75 Å². The molecule has 0 aliphatic carbocycles. The van der Waals surface area contributed by atoms with Crippen LogP contribution in [-0.4, -0.2) is 6.61 Å². The molecule has 0 bridgehead atoms. The van der Waals surface area contributed by atoms with E-state index in [1.54, 1.807) is 12.1 Å². The summed E-state index contributed by atoms with van der Waals surface area (Å²) in [6.07, 6.45) is 0. The summed E-state index contributed by atoms with van der Waals surface area (Å²) >= 11 is 0. The van der Waals surface area contributed by atoms with Crippen LogP contribution in [-0.2, 0) is 0 Å². The van der Waals surface area contributed by atoms with E-state index < -0.39 is 6.61 Å². The highest BCUT2D eigenvalue weighted by Crippen LogP contribution is 2.21. The van der Waals surface area contributed by atoms with Crippen molar-refractivity contribution in [3.05, 3.63) is 29.8 Å². The summed E-state index contributed by atoms with van der Waals surface area (Å²) in [7, 11) is 0. The maximum Gasteiger partial charge on any atom is 0.387 e. The Morgan fingerprint density at radius 1 is 1.23 bits per heavy atom. The van der Waals surface area contributed by atoms with Gasteiger partial charge in [-0.1, -0.05) is 26.0 Å². The molecule has 1 aromatic carbocycles. The van der Waals surface area contributed by atoms with Gasteiger partial charge < -0.3 is 4.74 Å². The number of halogens is 2. The second kappa shape index (κ2) is 4.21. The molecule has 0 saturated heterocycles. The Kier molecular flexibility index (Phi) is 3.23. The second-order valence-corrected chi connectivity index (χ2v) is 3.11. The molecule has 0 saturated carbocycles. The van der Waals surface area contributed by atoms with Gasteiger partial charge in [0.1, 0.15) is 5.75 Å². The van der Waals surface area contributed by atoms with Crippen molar-refractivity contribution in [2.45, 2.75) is 26.4 Å². The summed E-state index contributed by atoms with van der Waals surface area (Å²) in [5.74, 6) is 0.544. The van der Waals surface area contributed by atoms with E-state index in [0.29, 0.717) is 5.92 Å². The highest BCUT2D eigenvalue weighted by Gasteiger charge is 2.05. The zero-order chi connectivity index (χ0) is 9.84. The molecule has 0 aliphatic heterocycles. The number of rotatable bonds is 3. The molecule has 13 heavy (non-hydrogen) atoms.